The molecular formula is C15H18ClN3OS. The SMILES string of the molecule is Cc1nnc(C[S@](=O)[C@H](C)c2ccc(Cl)cc2)n1C1CC1. The van der Waals surface area contributed by atoms with Crippen molar-refractivity contribution in [3.63, 3.8) is 0 Å². The number of nitrogens with zero attached hydrogens (tertiary/aromatic N) is 3. The molecule has 1 aliphatic carbocycles. The standard InChI is InChI=1S/C15H18ClN3OS/c1-10(12-3-5-13(16)6-4-12)21(20)9-15-18-17-11(2)19(15)14-7-8-14/h3-6,10,14H,7-9H2,1-2H3/t10-,21+/m1/s1. The topological polar surface area (TPSA) is 47.8 Å². The Morgan fingerprint density at radius 3 is 2.62 bits per heavy atom. The number of rotatable bonds is 5. The zero-order valence-electron chi connectivity index (χ0n) is 12.1. The van der Waals surface area contributed by atoms with Crippen LogP contribution in [0.2, 0.25) is 5.02 Å². The molecule has 0 amide bonds. The molecule has 1 saturated carbocycles. The molecule has 6 heteroatoms. The maximum Gasteiger partial charge on any atom is 0.145 e. The summed E-state index contributed by atoms with van der Waals surface area (Å²) in [5.74, 6) is 2.21. The molecule has 2 aromatic rings. The Morgan fingerprint density at radius 1 is 1.33 bits per heavy atom. The predicted octanol–water partition coefficient (Wildman–Crippen LogP) is 3.58. The zero-order chi connectivity index (χ0) is 15.0. The van der Waals surface area contributed by atoms with Crippen LogP contribution in [0.15, 0.2) is 24.3 Å². The largest absolute Gasteiger partial charge is 0.311 e. The van der Waals surface area contributed by atoms with Crippen LogP contribution in [0.3, 0.4) is 0 Å². The third-order valence-electron chi connectivity index (χ3n) is 3.85. The quantitative estimate of drug-likeness (QED) is 0.845. The molecule has 0 spiro atoms. The van der Waals surface area contributed by atoms with Gasteiger partial charge in [-0.2, -0.15) is 0 Å². The molecule has 4 nitrogen and oxygen atoms in total. The van der Waals surface area contributed by atoms with Crippen LogP contribution in [0.25, 0.3) is 0 Å². The Balaban J connectivity index is 1.75. The van der Waals surface area contributed by atoms with Gasteiger partial charge in [0, 0.05) is 21.9 Å². The second-order valence-electron chi connectivity index (χ2n) is 5.48. The highest BCUT2D eigenvalue weighted by molar-refractivity contribution is 7.84. The summed E-state index contributed by atoms with van der Waals surface area (Å²) in [5.41, 5.74) is 1.03. The molecule has 1 fully saturated rings. The van der Waals surface area contributed by atoms with Crippen LogP contribution >= 0.6 is 11.6 Å². The van der Waals surface area contributed by atoms with E-state index in [9.17, 15) is 4.21 Å². The predicted molar refractivity (Wildman–Crippen MR) is 84.7 cm³/mol. The number of aromatic nitrogens is 3. The van der Waals surface area contributed by atoms with Gasteiger partial charge in [0.25, 0.3) is 0 Å². The Hall–Kier alpha value is -1.20. The molecule has 0 N–H and O–H groups in total. The maximum atomic E-state index is 12.6. The summed E-state index contributed by atoms with van der Waals surface area (Å²) in [6, 6.07) is 8.05. The first-order valence-corrected chi connectivity index (χ1v) is 8.85. The number of aryl methyl sites for hydroxylation is 1. The second-order valence-corrected chi connectivity index (χ2v) is 7.68. The van der Waals surface area contributed by atoms with E-state index in [-0.39, 0.29) is 5.25 Å². The van der Waals surface area contributed by atoms with Gasteiger partial charge < -0.3 is 4.57 Å². The van der Waals surface area contributed by atoms with Crippen LogP contribution in [-0.4, -0.2) is 19.0 Å². The molecular weight excluding hydrogens is 306 g/mol. The van der Waals surface area contributed by atoms with E-state index in [1.54, 1.807) is 0 Å². The molecule has 0 saturated heterocycles. The van der Waals surface area contributed by atoms with Crippen LogP contribution in [0.1, 0.15) is 48.3 Å². The first kappa shape index (κ1) is 14.7. The highest BCUT2D eigenvalue weighted by Crippen LogP contribution is 2.37. The fraction of sp³-hybridized carbons (Fsp3) is 0.467. The smallest absolute Gasteiger partial charge is 0.145 e. The van der Waals surface area contributed by atoms with Crippen molar-refractivity contribution in [3.05, 3.63) is 46.5 Å². The van der Waals surface area contributed by atoms with Gasteiger partial charge in [0.1, 0.15) is 11.6 Å². The minimum Gasteiger partial charge on any atom is -0.311 e. The van der Waals surface area contributed by atoms with Gasteiger partial charge >= 0.3 is 0 Å². The van der Waals surface area contributed by atoms with Gasteiger partial charge in [0.15, 0.2) is 0 Å². The summed E-state index contributed by atoms with van der Waals surface area (Å²) in [6.45, 7) is 3.93. The number of hydrogen-bond donors (Lipinski definition) is 0. The third-order valence-corrected chi connectivity index (χ3v) is 5.71. The van der Waals surface area contributed by atoms with E-state index in [2.05, 4.69) is 14.8 Å². The lowest BCUT2D eigenvalue weighted by molar-refractivity contribution is 0.659. The van der Waals surface area contributed by atoms with Crippen molar-refractivity contribution in [3.8, 4) is 0 Å². The van der Waals surface area contributed by atoms with E-state index >= 15 is 0 Å². The Labute approximate surface area is 132 Å². The number of hydrogen-bond acceptors (Lipinski definition) is 3. The molecule has 0 bridgehead atoms. The van der Waals surface area contributed by atoms with Gasteiger partial charge in [-0.05, 0) is 44.4 Å². The van der Waals surface area contributed by atoms with Crippen molar-refractivity contribution < 1.29 is 4.21 Å². The van der Waals surface area contributed by atoms with Crippen molar-refractivity contribution in [2.75, 3.05) is 0 Å². The van der Waals surface area contributed by atoms with Gasteiger partial charge in [-0.3, -0.25) is 4.21 Å². The monoisotopic (exact) mass is 323 g/mol. The summed E-state index contributed by atoms with van der Waals surface area (Å²) in [6.07, 6.45) is 2.34. The molecule has 0 aliphatic heterocycles. The molecule has 112 valence electrons. The molecule has 1 heterocycles. The van der Waals surface area contributed by atoms with E-state index in [4.69, 9.17) is 11.6 Å². The minimum atomic E-state index is -1.03. The zero-order valence-corrected chi connectivity index (χ0v) is 13.7. The fourth-order valence-corrected chi connectivity index (χ4v) is 3.75. The summed E-state index contributed by atoms with van der Waals surface area (Å²) in [7, 11) is -1.03. The molecule has 0 unspecified atom stereocenters. The van der Waals surface area contributed by atoms with Gasteiger partial charge in [0.05, 0.1) is 11.0 Å². The summed E-state index contributed by atoms with van der Waals surface area (Å²) < 4.78 is 14.7. The molecule has 21 heavy (non-hydrogen) atoms. The van der Waals surface area contributed by atoms with Crippen molar-refractivity contribution in [2.45, 2.75) is 43.7 Å². The van der Waals surface area contributed by atoms with E-state index in [0.29, 0.717) is 16.8 Å². The third kappa shape index (κ3) is 3.19. The molecule has 2 atom stereocenters. The summed E-state index contributed by atoms with van der Waals surface area (Å²) >= 11 is 5.89. The van der Waals surface area contributed by atoms with Crippen molar-refractivity contribution >= 4 is 22.4 Å². The molecule has 1 aromatic carbocycles. The van der Waals surface area contributed by atoms with Crippen LogP contribution in [0.4, 0.5) is 0 Å². The average Bonchev–Trinajstić information content (AvgIpc) is 3.24. The van der Waals surface area contributed by atoms with E-state index in [1.807, 2.05) is 38.1 Å². The van der Waals surface area contributed by atoms with Gasteiger partial charge in [-0.1, -0.05) is 23.7 Å². The summed E-state index contributed by atoms with van der Waals surface area (Å²) in [5, 5.41) is 8.99. The maximum absolute atomic E-state index is 12.6. The average molecular weight is 324 g/mol. The van der Waals surface area contributed by atoms with Crippen molar-refractivity contribution in [2.24, 2.45) is 0 Å². The Kier molecular flexibility index (Phi) is 4.13. The van der Waals surface area contributed by atoms with Crippen molar-refractivity contribution in [1.29, 1.82) is 0 Å². The normalized spacial score (nSPS) is 17.7. The lowest BCUT2D eigenvalue weighted by atomic mass is 10.2. The summed E-state index contributed by atoms with van der Waals surface area (Å²) in [4.78, 5) is 0. The van der Waals surface area contributed by atoms with Crippen LogP contribution in [-0.2, 0) is 16.6 Å². The van der Waals surface area contributed by atoms with Crippen LogP contribution in [0.5, 0.6) is 0 Å². The molecule has 1 aromatic heterocycles. The lowest BCUT2D eigenvalue weighted by Crippen LogP contribution is -2.10. The van der Waals surface area contributed by atoms with E-state index < -0.39 is 10.8 Å². The Bertz CT molecular complexity index is 664. The van der Waals surface area contributed by atoms with Crippen molar-refractivity contribution in [1.82, 2.24) is 14.8 Å². The lowest BCUT2D eigenvalue weighted by Gasteiger charge is -2.13. The first-order chi connectivity index (χ1) is 10.1. The van der Waals surface area contributed by atoms with Gasteiger partial charge in [-0.15, -0.1) is 10.2 Å². The second kappa shape index (κ2) is 5.89. The van der Waals surface area contributed by atoms with Gasteiger partial charge in [0.2, 0.25) is 0 Å². The molecule has 3 rings (SSSR count). The van der Waals surface area contributed by atoms with Crippen LogP contribution < -0.4 is 0 Å². The Morgan fingerprint density at radius 2 is 2.00 bits per heavy atom. The highest BCUT2D eigenvalue weighted by Gasteiger charge is 2.29. The minimum absolute atomic E-state index is 0.0491. The van der Waals surface area contributed by atoms with Gasteiger partial charge in [-0.25, -0.2) is 0 Å². The van der Waals surface area contributed by atoms with Crippen LogP contribution in [0, 0.1) is 6.92 Å². The molecule has 0 radical (unpaired) electrons. The van der Waals surface area contributed by atoms with E-state index in [0.717, 1.165) is 17.2 Å². The first-order valence-electron chi connectivity index (χ1n) is 7.09. The number of halogens is 1. The fourth-order valence-electron chi connectivity index (χ4n) is 2.46. The number of benzene rings is 1. The van der Waals surface area contributed by atoms with E-state index in [1.165, 1.54) is 12.8 Å². The highest BCUT2D eigenvalue weighted by atomic mass is 35.5. The molecule has 1 aliphatic rings.